The summed E-state index contributed by atoms with van der Waals surface area (Å²) in [5, 5.41) is 0. The molecular formula is C46H78. The van der Waals surface area contributed by atoms with Crippen LogP contribution >= 0.6 is 0 Å². The van der Waals surface area contributed by atoms with Crippen molar-refractivity contribution in [1.29, 1.82) is 0 Å². The van der Waals surface area contributed by atoms with Crippen LogP contribution in [0.1, 0.15) is 183 Å². The van der Waals surface area contributed by atoms with Gasteiger partial charge in [0.15, 0.2) is 0 Å². The molecule has 0 N–H and O–H groups in total. The van der Waals surface area contributed by atoms with Gasteiger partial charge >= 0.3 is 0 Å². The highest BCUT2D eigenvalue weighted by molar-refractivity contribution is 5.18. The van der Waals surface area contributed by atoms with Crippen LogP contribution in [0.25, 0.3) is 0 Å². The molecule has 8 aliphatic carbocycles. The average Bonchev–Trinajstić information content (AvgIpc) is 3.57. The van der Waals surface area contributed by atoms with E-state index >= 15 is 0 Å². The van der Waals surface area contributed by atoms with E-state index in [0.717, 1.165) is 88.8 Å². The topological polar surface area (TPSA) is 0 Å². The summed E-state index contributed by atoms with van der Waals surface area (Å²) in [7, 11) is 0. The van der Waals surface area contributed by atoms with Crippen LogP contribution in [-0.4, -0.2) is 0 Å². The largest absolute Gasteiger partial charge is 0.0649 e. The highest BCUT2D eigenvalue weighted by atomic mass is 14.7. The first-order chi connectivity index (χ1) is 22.2. The first kappa shape index (κ1) is 33.2. The highest BCUT2D eigenvalue weighted by Crippen LogP contribution is 2.77. The fourth-order valence-electron chi connectivity index (χ4n) is 17.3. The van der Waals surface area contributed by atoms with Gasteiger partial charge in [-0.2, -0.15) is 0 Å². The molecule has 0 aliphatic heterocycles. The molecular weight excluding hydrogens is 553 g/mol. The minimum Gasteiger partial charge on any atom is -0.0649 e. The van der Waals surface area contributed by atoms with E-state index in [4.69, 9.17) is 0 Å². The third-order valence-corrected chi connectivity index (χ3v) is 20.3. The van der Waals surface area contributed by atoms with Gasteiger partial charge in [-0.15, -0.1) is 0 Å². The summed E-state index contributed by atoms with van der Waals surface area (Å²) in [6.45, 7) is 18.7. The summed E-state index contributed by atoms with van der Waals surface area (Å²) >= 11 is 0. The minimum absolute atomic E-state index is 0.530. The molecule has 46 heavy (non-hydrogen) atoms. The van der Waals surface area contributed by atoms with Gasteiger partial charge < -0.3 is 0 Å². The summed E-state index contributed by atoms with van der Waals surface area (Å²) < 4.78 is 0. The molecule has 0 nitrogen and oxygen atoms in total. The maximum atomic E-state index is 2.87. The van der Waals surface area contributed by atoms with Crippen LogP contribution in [0, 0.1) is 105 Å². The van der Waals surface area contributed by atoms with Gasteiger partial charge in [-0.25, -0.2) is 0 Å². The van der Waals surface area contributed by atoms with Gasteiger partial charge in [0.1, 0.15) is 0 Å². The van der Waals surface area contributed by atoms with Crippen molar-refractivity contribution in [2.45, 2.75) is 183 Å². The van der Waals surface area contributed by atoms with Crippen LogP contribution in [0.2, 0.25) is 0 Å². The van der Waals surface area contributed by atoms with Crippen molar-refractivity contribution in [2.24, 2.45) is 105 Å². The Morgan fingerprint density at radius 1 is 0.500 bits per heavy atom. The Kier molecular flexibility index (Phi) is 8.90. The van der Waals surface area contributed by atoms with Crippen LogP contribution < -0.4 is 0 Å². The van der Waals surface area contributed by atoms with E-state index in [2.05, 4.69) is 48.5 Å². The summed E-state index contributed by atoms with van der Waals surface area (Å²) in [5.41, 5.74) is 1.71. The molecule has 0 heteroatoms. The van der Waals surface area contributed by atoms with E-state index in [0.29, 0.717) is 16.2 Å². The summed E-state index contributed by atoms with van der Waals surface area (Å²) in [5.74, 6) is 16.0. The van der Waals surface area contributed by atoms with E-state index in [1.54, 1.807) is 109 Å². The second-order valence-electron chi connectivity index (χ2n) is 21.1. The van der Waals surface area contributed by atoms with Gasteiger partial charge in [-0.3, -0.25) is 0 Å². The van der Waals surface area contributed by atoms with Crippen LogP contribution in [0.15, 0.2) is 0 Å². The fourth-order valence-corrected chi connectivity index (χ4v) is 17.3. The van der Waals surface area contributed by atoms with E-state index in [1.807, 2.05) is 0 Å². The van der Waals surface area contributed by atoms with Crippen LogP contribution in [0.3, 0.4) is 0 Å². The van der Waals surface area contributed by atoms with Crippen molar-refractivity contribution in [3.63, 3.8) is 0 Å². The van der Waals surface area contributed by atoms with Gasteiger partial charge in [-0.1, -0.05) is 126 Å². The minimum atomic E-state index is 0.530. The Morgan fingerprint density at radius 3 is 1.52 bits per heavy atom. The third-order valence-electron chi connectivity index (χ3n) is 20.3. The number of rotatable bonds is 6. The van der Waals surface area contributed by atoms with Gasteiger partial charge in [0, 0.05) is 0 Å². The van der Waals surface area contributed by atoms with Crippen LogP contribution in [0.5, 0.6) is 0 Å². The highest BCUT2D eigenvalue weighted by Gasteiger charge is 2.70. The molecule has 8 rings (SSSR count). The molecule has 8 aliphatic rings. The summed E-state index contributed by atoms with van der Waals surface area (Å²) in [4.78, 5) is 0. The second kappa shape index (κ2) is 12.3. The number of hydrogen-bond donors (Lipinski definition) is 0. The van der Waals surface area contributed by atoms with Crippen molar-refractivity contribution in [3.8, 4) is 0 Å². The van der Waals surface area contributed by atoms with Crippen molar-refractivity contribution in [3.05, 3.63) is 0 Å². The lowest BCUT2D eigenvalue weighted by Crippen LogP contribution is -2.52. The van der Waals surface area contributed by atoms with Crippen molar-refractivity contribution >= 4 is 0 Å². The molecule has 262 valence electrons. The predicted octanol–water partition coefficient (Wildman–Crippen LogP) is 13.6. The molecule has 0 bridgehead atoms. The fraction of sp³-hybridized carbons (Fsp3) is 1.00. The molecule has 0 heterocycles. The first-order valence-electron chi connectivity index (χ1n) is 22.2. The standard InChI is InChI=1S/C46H78/c1-8-44(6,9-2)35-26-36(45(7,10-3)11-4)28-46(27-35)41-25-33-19-15-14-18-32(33)23-40(41)42-39-24-34-21-30-16-12-13-17-31(30)22-37(34)38(39)20-29(5)43(42)46/h29-43H,8-28H2,1-7H3. The molecule has 8 fully saturated rings. The number of fused-ring (bicyclic) bond motifs is 11. The van der Waals surface area contributed by atoms with Crippen molar-refractivity contribution in [2.75, 3.05) is 0 Å². The second-order valence-corrected chi connectivity index (χ2v) is 21.1. The molecule has 0 radical (unpaired) electrons. The monoisotopic (exact) mass is 631 g/mol. The lowest BCUT2D eigenvalue weighted by Gasteiger charge is -2.60. The predicted molar refractivity (Wildman–Crippen MR) is 196 cm³/mol. The lowest BCUT2D eigenvalue weighted by molar-refractivity contribution is -0.105. The van der Waals surface area contributed by atoms with Gasteiger partial charge in [0.05, 0.1) is 0 Å². The number of hydrogen-bond acceptors (Lipinski definition) is 0. The van der Waals surface area contributed by atoms with E-state index < -0.39 is 0 Å². The lowest BCUT2D eigenvalue weighted by atomic mass is 9.45. The zero-order valence-electron chi connectivity index (χ0n) is 32.0. The average molecular weight is 631 g/mol. The third kappa shape index (κ3) is 4.97. The molecule has 0 saturated heterocycles. The molecule has 0 amide bonds. The van der Waals surface area contributed by atoms with Gasteiger partial charge in [0.2, 0.25) is 0 Å². The zero-order valence-corrected chi connectivity index (χ0v) is 32.0. The van der Waals surface area contributed by atoms with E-state index in [-0.39, 0.29) is 0 Å². The molecule has 1 spiro atoms. The Balaban J connectivity index is 1.21. The SMILES string of the molecule is CCC(C)(CC)C1CC(C(C)(CC)CC)CC2(C1)C1CC3CCCCC3CC1C1C3CC4CC5CCCCC5CC4C3CC(C)C12. The molecule has 15 atom stereocenters. The van der Waals surface area contributed by atoms with Crippen molar-refractivity contribution < 1.29 is 0 Å². The maximum Gasteiger partial charge on any atom is -0.0227 e. The van der Waals surface area contributed by atoms with Gasteiger partial charge in [0.25, 0.3) is 0 Å². The Morgan fingerprint density at radius 2 is 0.978 bits per heavy atom. The maximum absolute atomic E-state index is 2.87. The molecule has 0 aromatic carbocycles. The summed E-state index contributed by atoms with van der Waals surface area (Å²) in [6, 6.07) is 0. The van der Waals surface area contributed by atoms with Gasteiger partial charge in [-0.05, 0) is 163 Å². The first-order valence-corrected chi connectivity index (χ1v) is 22.2. The Bertz CT molecular complexity index is 1030. The molecule has 0 aromatic heterocycles. The zero-order chi connectivity index (χ0) is 32.0. The van der Waals surface area contributed by atoms with Crippen molar-refractivity contribution in [1.82, 2.24) is 0 Å². The molecule has 15 unspecified atom stereocenters. The summed E-state index contributed by atoms with van der Waals surface area (Å²) in [6.07, 6.45) is 32.9. The normalized spacial score (nSPS) is 51.8. The quantitative estimate of drug-likeness (QED) is 0.274. The van der Waals surface area contributed by atoms with E-state index in [9.17, 15) is 0 Å². The van der Waals surface area contributed by atoms with Crippen LogP contribution in [-0.2, 0) is 0 Å². The molecule has 8 saturated carbocycles. The van der Waals surface area contributed by atoms with Crippen LogP contribution in [0.4, 0.5) is 0 Å². The molecule has 0 aromatic rings. The van der Waals surface area contributed by atoms with E-state index in [1.165, 1.54) is 25.7 Å². The Hall–Kier alpha value is 0. The Labute approximate surface area is 287 Å². The smallest absolute Gasteiger partial charge is 0.0227 e.